The van der Waals surface area contributed by atoms with Crippen LogP contribution in [0.5, 0.6) is 0 Å². The third-order valence-electron chi connectivity index (χ3n) is 3.98. The number of carboxylic acids is 1. The number of hydrogen-bond donors (Lipinski definition) is 3. The van der Waals surface area contributed by atoms with Crippen LogP contribution in [0, 0.1) is 6.92 Å². The maximum atomic E-state index is 11.4. The van der Waals surface area contributed by atoms with E-state index < -0.39 is 12.1 Å². The molecule has 3 aromatic rings. The second-order valence-electron chi connectivity index (χ2n) is 6.37. The van der Waals surface area contributed by atoms with Crippen LogP contribution >= 0.6 is 15.9 Å². The van der Waals surface area contributed by atoms with Crippen molar-refractivity contribution in [3.05, 3.63) is 68.2 Å². The molecule has 2 heterocycles. The summed E-state index contributed by atoms with van der Waals surface area (Å²) in [5.74, 6) is -2.76. The van der Waals surface area contributed by atoms with Crippen LogP contribution in [0.3, 0.4) is 0 Å². The van der Waals surface area contributed by atoms with E-state index in [0.717, 1.165) is 28.8 Å². The molecule has 0 bridgehead atoms. The topological polar surface area (TPSA) is 87.1 Å². The molecule has 0 aliphatic carbocycles. The molecule has 156 valence electrons. The van der Waals surface area contributed by atoms with Crippen molar-refractivity contribution in [1.29, 1.82) is 0 Å². The van der Waals surface area contributed by atoms with Crippen molar-refractivity contribution in [1.82, 2.24) is 14.9 Å². The number of halogens is 4. The number of hydrogen-bond acceptors (Lipinski definition) is 3. The Morgan fingerprint density at radius 1 is 1.24 bits per heavy atom. The van der Waals surface area contributed by atoms with Crippen molar-refractivity contribution < 1.29 is 23.1 Å². The van der Waals surface area contributed by atoms with E-state index in [-0.39, 0.29) is 5.56 Å². The Bertz CT molecular complexity index is 1070. The molecule has 29 heavy (non-hydrogen) atoms. The van der Waals surface area contributed by atoms with Gasteiger partial charge in [-0.3, -0.25) is 4.79 Å². The first kappa shape index (κ1) is 22.7. The van der Waals surface area contributed by atoms with Crippen molar-refractivity contribution in [2.75, 3.05) is 0 Å². The molecule has 0 spiro atoms. The molecule has 3 rings (SSSR count). The lowest BCUT2D eigenvalue weighted by molar-refractivity contribution is -0.192. The van der Waals surface area contributed by atoms with Crippen LogP contribution in [0.1, 0.15) is 16.8 Å². The summed E-state index contributed by atoms with van der Waals surface area (Å²) in [5.41, 5.74) is 4.68. The molecule has 1 aromatic carbocycles. The van der Waals surface area contributed by atoms with Crippen LogP contribution < -0.4 is 10.9 Å². The second-order valence-corrected chi connectivity index (χ2v) is 7.29. The molecule has 0 fully saturated rings. The molecule has 0 amide bonds. The highest BCUT2D eigenvalue weighted by atomic mass is 79.9. The summed E-state index contributed by atoms with van der Waals surface area (Å²) in [5, 5.41) is 11.7. The first-order chi connectivity index (χ1) is 13.5. The second kappa shape index (κ2) is 9.27. The summed E-state index contributed by atoms with van der Waals surface area (Å²) < 4.78 is 34.4. The molecule has 0 atom stereocenters. The molecule has 2 aromatic heterocycles. The van der Waals surface area contributed by atoms with E-state index in [1.54, 1.807) is 17.7 Å². The Balaban J connectivity index is 0.000000370. The molecular formula is C19H19BrF3N3O3. The summed E-state index contributed by atoms with van der Waals surface area (Å²) in [6, 6.07) is 9.86. The SMILES string of the molecule is Cc1cc(Br)cc2cc(CNCc3ccc(=O)n(C)c3)[nH]c12.O=C(O)C(F)(F)F. The Morgan fingerprint density at radius 3 is 2.48 bits per heavy atom. The predicted octanol–water partition coefficient (Wildman–Crippen LogP) is 3.86. The van der Waals surface area contributed by atoms with Crippen molar-refractivity contribution in [3.8, 4) is 0 Å². The van der Waals surface area contributed by atoms with Crippen LogP contribution in [0.2, 0.25) is 0 Å². The highest BCUT2D eigenvalue weighted by molar-refractivity contribution is 9.10. The van der Waals surface area contributed by atoms with Gasteiger partial charge in [-0.25, -0.2) is 4.79 Å². The monoisotopic (exact) mass is 473 g/mol. The van der Waals surface area contributed by atoms with Gasteiger partial charge in [-0.15, -0.1) is 0 Å². The summed E-state index contributed by atoms with van der Waals surface area (Å²) in [6.07, 6.45) is -3.22. The van der Waals surface area contributed by atoms with Crippen LogP contribution in [0.15, 0.2) is 45.8 Å². The van der Waals surface area contributed by atoms with Gasteiger partial charge in [-0.1, -0.05) is 22.0 Å². The number of aromatic nitrogens is 2. The maximum absolute atomic E-state index is 11.4. The third-order valence-corrected chi connectivity index (χ3v) is 4.44. The standard InChI is InChI=1S/C17H18BrN3O.C2HF3O2/c1-11-5-14(18)6-13-7-15(20-17(11)13)9-19-8-12-3-4-16(22)21(2)10-12;3-2(4,5)1(6)7/h3-7,10,19-20H,8-9H2,1-2H3;(H,6,7). The fourth-order valence-electron chi connectivity index (χ4n) is 2.63. The minimum absolute atomic E-state index is 0.0143. The number of aromatic amines is 1. The lowest BCUT2D eigenvalue weighted by Crippen LogP contribution is -2.21. The summed E-state index contributed by atoms with van der Waals surface area (Å²) in [4.78, 5) is 23.7. The average molecular weight is 474 g/mol. The van der Waals surface area contributed by atoms with Gasteiger partial charge in [0, 0.05) is 53.5 Å². The van der Waals surface area contributed by atoms with Crippen molar-refractivity contribution >= 4 is 32.8 Å². The molecule has 0 radical (unpaired) electrons. The van der Waals surface area contributed by atoms with Gasteiger partial charge in [0.25, 0.3) is 0 Å². The van der Waals surface area contributed by atoms with E-state index in [1.807, 2.05) is 12.3 Å². The van der Waals surface area contributed by atoms with E-state index in [0.29, 0.717) is 0 Å². The van der Waals surface area contributed by atoms with Gasteiger partial charge in [-0.05, 0) is 36.2 Å². The largest absolute Gasteiger partial charge is 0.490 e. The lowest BCUT2D eigenvalue weighted by atomic mass is 10.2. The molecule has 0 aliphatic heterocycles. The maximum Gasteiger partial charge on any atom is 0.490 e. The highest BCUT2D eigenvalue weighted by Gasteiger charge is 2.38. The number of carboxylic acid groups (broad SMARTS) is 1. The van der Waals surface area contributed by atoms with E-state index in [4.69, 9.17) is 9.90 Å². The summed E-state index contributed by atoms with van der Waals surface area (Å²) in [6.45, 7) is 3.59. The van der Waals surface area contributed by atoms with Gasteiger partial charge < -0.3 is 20.0 Å². The quantitative estimate of drug-likeness (QED) is 0.536. The number of benzene rings is 1. The number of nitrogens with one attached hydrogen (secondary N) is 2. The smallest absolute Gasteiger partial charge is 0.475 e. The molecule has 3 N–H and O–H groups in total. The predicted molar refractivity (Wildman–Crippen MR) is 107 cm³/mol. The Morgan fingerprint density at radius 2 is 1.90 bits per heavy atom. The van der Waals surface area contributed by atoms with Crippen LogP contribution in [0.25, 0.3) is 10.9 Å². The van der Waals surface area contributed by atoms with Gasteiger partial charge >= 0.3 is 12.1 Å². The number of H-pyrrole nitrogens is 1. The van der Waals surface area contributed by atoms with Gasteiger partial charge in [-0.2, -0.15) is 13.2 Å². The van der Waals surface area contributed by atoms with Crippen LogP contribution in [-0.4, -0.2) is 26.8 Å². The molecule has 0 saturated heterocycles. The fraction of sp³-hybridized carbons (Fsp3) is 0.263. The molecule has 6 nitrogen and oxygen atoms in total. The first-order valence-electron chi connectivity index (χ1n) is 8.41. The number of nitrogens with zero attached hydrogens (tertiary/aromatic N) is 1. The Kier molecular flexibility index (Phi) is 7.26. The van der Waals surface area contributed by atoms with Gasteiger partial charge in [0.1, 0.15) is 0 Å². The molecule has 0 aliphatic rings. The first-order valence-corrected chi connectivity index (χ1v) is 9.21. The van der Waals surface area contributed by atoms with Gasteiger partial charge in [0.15, 0.2) is 0 Å². The van der Waals surface area contributed by atoms with Gasteiger partial charge in [0.2, 0.25) is 5.56 Å². The lowest BCUT2D eigenvalue weighted by Gasteiger charge is -2.05. The van der Waals surface area contributed by atoms with E-state index >= 15 is 0 Å². The zero-order valence-corrected chi connectivity index (χ0v) is 17.2. The van der Waals surface area contributed by atoms with E-state index in [1.165, 1.54) is 16.5 Å². The van der Waals surface area contributed by atoms with Crippen molar-refractivity contribution in [2.45, 2.75) is 26.2 Å². The molecule has 10 heteroatoms. The number of alkyl halides is 3. The minimum Gasteiger partial charge on any atom is -0.475 e. The molecular weight excluding hydrogens is 455 g/mol. The number of aryl methyl sites for hydroxylation is 2. The van der Waals surface area contributed by atoms with Gasteiger partial charge in [0.05, 0.1) is 0 Å². The number of rotatable bonds is 4. The van der Waals surface area contributed by atoms with E-state index in [9.17, 15) is 18.0 Å². The number of fused-ring (bicyclic) bond motifs is 1. The zero-order chi connectivity index (χ0) is 21.8. The average Bonchev–Trinajstić information content (AvgIpc) is 3.01. The Hall–Kier alpha value is -2.59. The summed E-state index contributed by atoms with van der Waals surface area (Å²) >= 11 is 3.53. The number of carbonyl (C=O) groups is 1. The third kappa shape index (κ3) is 6.47. The zero-order valence-electron chi connectivity index (χ0n) is 15.6. The Labute approximate surface area is 172 Å². The minimum atomic E-state index is -5.08. The normalized spacial score (nSPS) is 11.2. The van der Waals surface area contributed by atoms with E-state index in [2.05, 4.69) is 51.4 Å². The fourth-order valence-corrected chi connectivity index (χ4v) is 3.22. The van der Waals surface area contributed by atoms with Crippen molar-refractivity contribution in [2.24, 2.45) is 7.05 Å². The molecule has 0 unspecified atom stereocenters. The number of pyridine rings is 1. The number of aliphatic carboxylic acids is 1. The highest BCUT2D eigenvalue weighted by Crippen LogP contribution is 2.24. The van der Waals surface area contributed by atoms with Crippen LogP contribution in [0.4, 0.5) is 13.2 Å². The molecule has 0 saturated carbocycles. The van der Waals surface area contributed by atoms with Crippen molar-refractivity contribution in [3.63, 3.8) is 0 Å². The summed E-state index contributed by atoms with van der Waals surface area (Å²) in [7, 11) is 1.77. The van der Waals surface area contributed by atoms with Crippen LogP contribution in [-0.2, 0) is 24.9 Å².